The van der Waals surface area contributed by atoms with Crippen LogP contribution in [0.5, 0.6) is 0 Å². The number of ketones is 2. The van der Waals surface area contributed by atoms with Gasteiger partial charge in [-0.2, -0.15) is 4.98 Å². The lowest BCUT2D eigenvalue weighted by atomic mass is 10.0. The van der Waals surface area contributed by atoms with Crippen molar-refractivity contribution in [1.82, 2.24) is 25.3 Å². The number of aromatic amines is 1. The van der Waals surface area contributed by atoms with Gasteiger partial charge in [0.1, 0.15) is 17.6 Å². The normalized spacial score (nSPS) is 11.7. The second-order valence-corrected chi connectivity index (χ2v) is 8.68. The topological polar surface area (TPSA) is 198 Å². The van der Waals surface area contributed by atoms with Crippen molar-refractivity contribution in [2.24, 2.45) is 0 Å². The van der Waals surface area contributed by atoms with E-state index in [-0.39, 0.29) is 53.5 Å². The van der Waals surface area contributed by atoms with Crippen LogP contribution < -0.4 is 16.6 Å². The van der Waals surface area contributed by atoms with Gasteiger partial charge in [0, 0.05) is 24.8 Å². The molecule has 3 rings (SSSR count). The number of Topliss-reactive ketones (excluding diaryl/α,β-unsaturated/α-hetero) is 2. The van der Waals surface area contributed by atoms with Gasteiger partial charge in [0.15, 0.2) is 11.2 Å². The summed E-state index contributed by atoms with van der Waals surface area (Å²) < 4.78 is 0. The Morgan fingerprint density at radius 1 is 1.05 bits per heavy atom. The van der Waals surface area contributed by atoms with Crippen LogP contribution in [0.4, 0.5) is 5.95 Å². The van der Waals surface area contributed by atoms with Crippen LogP contribution in [-0.4, -0.2) is 54.5 Å². The number of amides is 1. The molecule has 3 aromatic rings. The van der Waals surface area contributed by atoms with Crippen molar-refractivity contribution in [1.29, 1.82) is 0 Å². The van der Waals surface area contributed by atoms with Crippen LogP contribution in [0.1, 0.15) is 60.6 Å². The van der Waals surface area contributed by atoms with Crippen molar-refractivity contribution in [2.45, 2.75) is 57.9 Å². The Balaban J connectivity index is 1.53. The number of rotatable bonds is 13. The Hall–Kier alpha value is -4.48. The summed E-state index contributed by atoms with van der Waals surface area (Å²) in [5, 5.41) is 11.9. The maximum atomic E-state index is 12.6. The monoisotopic (exact) mass is 508 g/mol. The molecule has 12 nitrogen and oxygen atoms in total. The number of nitrogens with two attached hydrogens (primary N) is 1. The number of benzene rings is 1. The fourth-order valence-electron chi connectivity index (χ4n) is 3.65. The fraction of sp³-hybridized carbons (Fsp3) is 0.360. The van der Waals surface area contributed by atoms with Gasteiger partial charge in [-0.25, -0.2) is 14.8 Å². The van der Waals surface area contributed by atoms with Gasteiger partial charge in [0.25, 0.3) is 11.5 Å². The van der Waals surface area contributed by atoms with Crippen LogP contribution in [0, 0.1) is 0 Å². The summed E-state index contributed by atoms with van der Waals surface area (Å²) in [6.45, 7) is 1.45. The van der Waals surface area contributed by atoms with Gasteiger partial charge in [0.2, 0.25) is 5.95 Å². The maximum absolute atomic E-state index is 12.6. The fourth-order valence-corrected chi connectivity index (χ4v) is 3.65. The number of anilines is 1. The van der Waals surface area contributed by atoms with Crippen molar-refractivity contribution in [3.8, 4) is 0 Å². The first-order valence-electron chi connectivity index (χ1n) is 11.8. The second-order valence-electron chi connectivity index (χ2n) is 8.68. The number of hydrogen-bond acceptors (Lipinski definition) is 9. The van der Waals surface area contributed by atoms with Gasteiger partial charge in [-0.1, -0.05) is 12.1 Å². The van der Waals surface area contributed by atoms with Crippen molar-refractivity contribution in [3.05, 3.63) is 57.6 Å². The minimum Gasteiger partial charge on any atom is -0.480 e. The highest BCUT2D eigenvalue weighted by atomic mass is 16.4. The number of carbonyl (C=O) groups is 4. The summed E-state index contributed by atoms with van der Waals surface area (Å²) in [6.07, 6.45) is 3.48. The predicted octanol–water partition coefficient (Wildman–Crippen LogP) is 1.37. The molecule has 37 heavy (non-hydrogen) atoms. The highest BCUT2D eigenvalue weighted by Crippen LogP contribution is 2.11. The molecule has 2 aromatic heterocycles. The molecular weight excluding hydrogens is 480 g/mol. The second kappa shape index (κ2) is 12.5. The standard InChI is InChI=1S/C25H28N6O6/c1-14(32)3-2-4-18(33)11-12-19(24(36)37)29-22(34)16-8-5-15(6-9-16)7-10-17-13-27-21-20(28-17)23(35)31-25(26)30-21/h5-6,8-9,13,19H,2-4,7,10-12H2,1H3,(H,29,34)(H,36,37)(H3,26,27,30,31,35). The number of carboxylic acids is 1. The smallest absolute Gasteiger partial charge is 0.326 e. The van der Waals surface area contributed by atoms with E-state index in [4.69, 9.17) is 5.73 Å². The Morgan fingerprint density at radius 3 is 2.46 bits per heavy atom. The first-order valence-corrected chi connectivity index (χ1v) is 11.8. The van der Waals surface area contributed by atoms with Crippen LogP contribution in [0.15, 0.2) is 35.3 Å². The van der Waals surface area contributed by atoms with E-state index in [1.165, 1.54) is 13.1 Å². The van der Waals surface area contributed by atoms with Crippen LogP contribution in [0.3, 0.4) is 0 Å². The molecule has 0 radical (unpaired) electrons. The molecule has 12 heteroatoms. The molecular formula is C25H28N6O6. The zero-order valence-corrected chi connectivity index (χ0v) is 20.3. The Morgan fingerprint density at radius 2 is 1.78 bits per heavy atom. The largest absolute Gasteiger partial charge is 0.480 e. The molecule has 0 fully saturated rings. The van der Waals surface area contributed by atoms with Crippen molar-refractivity contribution >= 4 is 40.6 Å². The molecule has 2 heterocycles. The average molecular weight is 509 g/mol. The Kier molecular flexibility index (Phi) is 9.14. The van der Waals surface area contributed by atoms with Gasteiger partial charge >= 0.3 is 5.97 Å². The third-order valence-electron chi connectivity index (χ3n) is 5.67. The van der Waals surface area contributed by atoms with E-state index in [1.807, 2.05) is 0 Å². The third-order valence-corrected chi connectivity index (χ3v) is 5.67. The van der Waals surface area contributed by atoms with Crippen molar-refractivity contribution < 1.29 is 24.3 Å². The number of nitrogens with zero attached hydrogens (tertiary/aromatic N) is 3. The van der Waals surface area contributed by atoms with Crippen molar-refractivity contribution in [2.75, 3.05) is 5.73 Å². The van der Waals surface area contributed by atoms with Gasteiger partial charge in [-0.05, 0) is 50.3 Å². The number of carboxylic acid groups (broad SMARTS) is 1. The summed E-state index contributed by atoms with van der Waals surface area (Å²) >= 11 is 0. The molecule has 5 N–H and O–H groups in total. The molecule has 0 spiro atoms. The molecule has 1 atom stereocenters. The number of hydrogen-bond donors (Lipinski definition) is 4. The first kappa shape index (κ1) is 27.1. The van der Waals surface area contributed by atoms with E-state index in [2.05, 4.69) is 25.3 Å². The third kappa shape index (κ3) is 8.02. The molecule has 1 amide bonds. The number of nitrogens with one attached hydrogen (secondary N) is 2. The summed E-state index contributed by atoms with van der Waals surface area (Å²) in [7, 11) is 0. The van der Waals surface area contributed by atoms with Gasteiger partial charge < -0.3 is 21.0 Å². The van der Waals surface area contributed by atoms with Gasteiger partial charge in [-0.15, -0.1) is 0 Å². The van der Waals surface area contributed by atoms with E-state index in [1.54, 1.807) is 24.3 Å². The molecule has 194 valence electrons. The summed E-state index contributed by atoms with van der Waals surface area (Å²) in [6, 6.07) is 5.45. The molecule has 1 unspecified atom stereocenters. The van der Waals surface area contributed by atoms with E-state index in [9.17, 15) is 29.1 Å². The molecule has 0 aliphatic heterocycles. The Labute approximate surface area is 211 Å². The van der Waals surface area contributed by atoms with Gasteiger partial charge in [-0.3, -0.25) is 19.4 Å². The summed E-state index contributed by atoms with van der Waals surface area (Å²) in [4.78, 5) is 73.8. The molecule has 1 aromatic carbocycles. The zero-order valence-electron chi connectivity index (χ0n) is 20.3. The number of aryl methyl sites for hydroxylation is 2. The van der Waals surface area contributed by atoms with E-state index >= 15 is 0 Å². The lowest BCUT2D eigenvalue weighted by Crippen LogP contribution is -2.41. The van der Waals surface area contributed by atoms with E-state index in [0.29, 0.717) is 31.4 Å². The minimum absolute atomic E-state index is 0.00106. The zero-order chi connectivity index (χ0) is 26.9. The van der Waals surface area contributed by atoms with Crippen molar-refractivity contribution in [3.63, 3.8) is 0 Å². The molecule has 0 saturated heterocycles. The predicted molar refractivity (Wildman–Crippen MR) is 134 cm³/mol. The number of nitrogen functional groups attached to an aromatic ring is 1. The average Bonchev–Trinajstić information content (AvgIpc) is 2.85. The quantitative estimate of drug-likeness (QED) is 0.261. The number of carbonyl (C=O) groups excluding carboxylic acids is 3. The van der Waals surface area contributed by atoms with Crippen LogP contribution in [0.25, 0.3) is 11.2 Å². The molecule has 0 aliphatic carbocycles. The molecule has 0 bridgehead atoms. The highest BCUT2D eigenvalue weighted by molar-refractivity contribution is 5.96. The van der Waals surface area contributed by atoms with Crippen LogP contribution in [-0.2, 0) is 27.2 Å². The highest BCUT2D eigenvalue weighted by Gasteiger charge is 2.21. The van der Waals surface area contributed by atoms with Gasteiger partial charge in [0.05, 0.1) is 11.9 Å². The number of aromatic nitrogens is 4. The summed E-state index contributed by atoms with van der Waals surface area (Å²) in [5.74, 6) is -1.97. The lowest BCUT2D eigenvalue weighted by Gasteiger charge is -2.14. The lowest BCUT2D eigenvalue weighted by molar-refractivity contribution is -0.139. The number of aliphatic carboxylic acids is 1. The van der Waals surface area contributed by atoms with Crippen LogP contribution in [0.2, 0.25) is 0 Å². The first-order chi connectivity index (χ1) is 17.6. The molecule has 0 aliphatic rings. The Bertz CT molecular complexity index is 1370. The van der Waals surface area contributed by atoms with E-state index in [0.717, 1.165) is 5.56 Å². The molecule has 0 saturated carbocycles. The summed E-state index contributed by atoms with van der Waals surface area (Å²) in [5.41, 5.74) is 7.07. The maximum Gasteiger partial charge on any atom is 0.326 e. The number of H-pyrrole nitrogens is 1. The minimum atomic E-state index is -1.23. The van der Waals surface area contributed by atoms with Crippen LogP contribution >= 0.6 is 0 Å². The van der Waals surface area contributed by atoms with E-state index < -0.39 is 23.5 Å². The number of fused-ring (bicyclic) bond motifs is 1. The SMILES string of the molecule is CC(=O)CCCC(=O)CCC(NC(=O)c1ccc(CCc2cnc3nc(N)[nH]c(=O)c3n2)cc1)C(=O)O.